The number of amides is 1. The van der Waals surface area contributed by atoms with E-state index in [1.54, 1.807) is 0 Å². The molecule has 2 nitrogen and oxygen atoms in total. The summed E-state index contributed by atoms with van der Waals surface area (Å²) >= 11 is 6.03. The van der Waals surface area contributed by atoms with Crippen LogP contribution in [0.5, 0.6) is 0 Å². The highest BCUT2D eigenvalue weighted by atomic mass is 35.5. The first-order valence-corrected chi connectivity index (χ1v) is 6.20. The summed E-state index contributed by atoms with van der Waals surface area (Å²) in [6, 6.07) is 12.0. The molecule has 0 bridgehead atoms. The molecule has 0 atom stereocenters. The monoisotopic (exact) mass is 257 g/mol. The predicted octanol–water partition coefficient (Wildman–Crippen LogP) is 3.87. The summed E-state index contributed by atoms with van der Waals surface area (Å²) in [6.45, 7) is 1.52. The highest BCUT2D eigenvalue weighted by Gasteiger charge is 2.18. The van der Waals surface area contributed by atoms with Crippen molar-refractivity contribution < 1.29 is 4.79 Å². The Morgan fingerprint density at radius 1 is 1.11 bits per heavy atom. The van der Waals surface area contributed by atoms with Crippen LogP contribution in [0.3, 0.4) is 0 Å². The van der Waals surface area contributed by atoms with E-state index in [-0.39, 0.29) is 5.91 Å². The van der Waals surface area contributed by atoms with Gasteiger partial charge in [-0.3, -0.25) is 4.79 Å². The lowest BCUT2D eigenvalue weighted by Crippen LogP contribution is -2.05. The molecule has 0 saturated carbocycles. The highest BCUT2D eigenvalue weighted by Crippen LogP contribution is 2.39. The molecule has 2 aromatic carbocycles. The number of nitrogens with one attached hydrogen (secondary N) is 1. The highest BCUT2D eigenvalue weighted by molar-refractivity contribution is 6.31. The molecule has 0 unspecified atom stereocenters. The minimum atomic E-state index is -0.0477. The fourth-order valence-electron chi connectivity index (χ4n) is 2.44. The van der Waals surface area contributed by atoms with E-state index in [4.69, 9.17) is 11.6 Å². The minimum Gasteiger partial charge on any atom is -0.326 e. The molecule has 1 N–H and O–H groups in total. The zero-order valence-electron chi connectivity index (χ0n) is 9.96. The van der Waals surface area contributed by atoms with Crippen molar-refractivity contribution in [3.63, 3.8) is 0 Å². The summed E-state index contributed by atoms with van der Waals surface area (Å²) < 4.78 is 0. The average molecular weight is 258 g/mol. The van der Waals surface area contributed by atoms with Gasteiger partial charge in [0.1, 0.15) is 0 Å². The van der Waals surface area contributed by atoms with Crippen molar-refractivity contribution in [3.05, 3.63) is 52.5 Å². The third-order valence-electron chi connectivity index (χ3n) is 3.17. The molecule has 1 aliphatic rings. The van der Waals surface area contributed by atoms with Crippen LogP contribution in [0.4, 0.5) is 5.69 Å². The molecule has 1 amide bonds. The summed E-state index contributed by atoms with van der Waals surface area (Å²) in [5.74, 6) is -0.0477. The molecule has 0 radical (unpaired) electrons. The zero-order chi connectivity index (χ0) is 12.7. The van der Waals surface area contributed by atoms with Crippen LogP contribution in [0.2, 0.25) is 5.02 Å². The zero-order valence-corrected chi connectivity index (χ0v) is 10.7. The van der Waals surface area contributed by atoms with E-state index in [0.29, 0.717) is 0 Å². The Labute approximate surface area is 111 Å². The molecule has 90 valence electrons. The molecular weight excluding hydrogens is 246 g/mol. The van der Waals surface area contributed by atoms with Crippen LogP contribution < -0.4 is 5.32 Å². The number of benzene rings is 2. The topological polar surface area (TPSA) is 29.1 Å². The standard InChI is InChI=1S/C15H12ClNO/c1-9(18)17-13-4-5-14-11(7-13)6-10-2-3-12(16)8-15(10)14/h2-5,7-8H,6H2,1H3,(H,17,18). The largest absolute Gasteiger partial charge is 0.326 e. The maximum absolute atomic E-state index is 11.0. The summed E-state index contributed by atoms with van der Waals surface area (Å²) in [7, 11) is 0. The number of hydrogen-bond donors (Lipinski definition) is 1. The molecule has 3 heteroatoms. The number of carbonyl (C=O) groups is 1. The molecule has 3 rings (SSSR count). The van der Waals surface area contributed by atoms with Gasteiger partial charge in [0.25, 0.3) is 0 Å². The number of rotatable bonds is 1. The van der Waals surface area contributed by atoms with Crippen molar-refractivity contribution in [2.45, 2.75) is 13.3 Å². The fourth-order valence-corrected chi connectivity index (χ4v) is 2.61. The van der Waals surface area contributed by atoms with Crippen LogP contribution in [0, 0.1) is 0 Å². The van der Waals surface area contributed by atoms with Gasteiger partial charge in [-0.25, -0.2) is 0 Å². The molecule has 0 aromatic heterocycles. The molecular formula is C15H12ClNO. The normalized spacial score (nSPS) is 11.9. The first-order valence-electron chi connectivity index (χ1n) is 5.83. The van der Waals surface area contributed by atoms with Crippen LogP contribution in [0.15, 0.2) is 36.4 Å². The lowest BCUT2D eigenvalue weighted by Gasteiger charge is -2.05. The maximum Gasteiger partial charge on any atom is 0.221 e. The Hall–Kier alpha value is -1.80. The fraction of sp³-hybridized carbons (Fsp3) is 0.133. The Bertz CT molecular complexity index is 649. The first-order chi connectivity index (χ1) is 8.63. The Kier molecular flexibility index (Phi) is 2.60. The number of fused-ring (bicyclic) bond motifs is 3. The van der Waals surface area contributed by atoms with Crippen molar-refractivity contribution in [3.8, 4) is 11.1 Å². The van der Waals surface area contributed by atoms with Gasteiger partial charge in [-0.2, -0.15) is 0 Å². The average Bonchev–Trinajstić information content (AvgIpc) is 2.65. The summed E-state index contributed by atoms with van der Waals surface area (Å²) in [5.41, 5.74) is 5.78. The molecule has 18 heavy (non-hydrogen) atoms. The van der Waals surface area contributed by atoms with Gasteiger partial charge < -0.3 is 5.32 Å². The van der Waals surface area contributed by atoms with E-state index in [1.165, 1.54) is 29.2 Å². The van der Waals surface area contributed by atoms with Crippen molar-refractivity contribution in [1.29, 1.82) is 0 Å². The maximum atomic E-state index is 11.0. The number of halogens is 1. The van der Waals surface area contributed by atoms with E-state index in [1.807, 2.05) is 30.3 Å². The lowest BCUT2D eigenvalue weighted by atomic mass is 10.1. The van der Waals surface area contributed by atoms with Gasteiger partial charge >= 0.3 is 0 Å². The van der Waals surface area contributed by atoms with Crippen LogP contribution in [0.25, 0.3) is 11.1 Å². The second-order valence-electron chi connectivity index (χ2n) is 4.53. The molecule has 0 aliphatic heterocycles. The number of carbonyl (C=O) groups excluding carboxylic acids is 1. The van der Waals surface area contributed by atoms with E-state index in [0.717, 1.165) is 17.1 Å². The molecule has 2 aromatic rings. The van der Waals surface area contributed by atoms with Gasteiger partial charge in [0, 0.05) is 17.6 Å². The summed E-state index contributed by atoms with van der Waals surface area (Å²) in [5, 5.41) is 3.56. The van der Waals surface area contributed by atoms with Gasteiger partial charge in [-0.15, -0.1) is 0 Å². The predicted molar refractivity (Wildman–Crippen MR) is 74.0 cm³/mol. The van der Waals surface area contributed by atoms with Crippen molar-refractivity contribution in [2.75, 3.05) is 5.32 Å². The molecule has 0 heterocycles. The molecule has 0 saturated heterocycles. The Balaban J connectivity index is 2.05. The van der Waals surface area contributed by atoms with Gasteiger partial charge in [0.15, 0.2) is 0 Å². The van der Waals surface area contributed by atoms with Crippen molar-refractivity contribution in [1.82, 2.24) is 0 Å². The molecule has 0 spiro atoms. The molecule has 1 aliphatic carbocycles. The third kappa shape index (κ3) is 1.89. The Morgan fingerprint density at radius 2 is 1.94 bits per heavy atom. The van der Waals surface area contributed by atoms with Crippen LogP contribution in [0.1, 0.15) is 18.1 Å². The smallest absolute Gasteiger partial charge is 0.221 e. The summed E-state index contributed by atoms with van der Waals surface area (Å²) in [4.78, 5) is 11.0. The van der Waals surface area contributed by atoms with E-state index in [9.17, 15) is 4.79 Å². The van der Waals surface area contributed by atoms with Crippen LogP contribution in [-0.2, 0) is 11.2 Å². The second-order valence-corrected chi connectivity index (χ2v) is 4.97. The van der Waals surface area contributed by atoms with Crippen molar-refractivity contribution >= 4 is 23.2 Å². The van der Waals surface area contributed by atoms with Crippen LogP contribution in [-0.4, -0.2) is 5.91 Å². The first kappa shape index (κ1) is 11.3. The SMILES string of the molecule is CC(=O)Nc1ccc2c(c1)Cc1ccc(Cl)cc1-2. The van der Waals surface area contributed by atoms with E-state index in [2.05, 4.69) is 11.4 Å². The minimum absolute atomic E-state index is 0.0477. The third-order valence-corrected chi connectivity index (χ3v) is 3.40. The van der Waals surface area contributed by atoms with E-state index < -0.39 is 0 Å². The quantitative estimate of drug-likeness (QED) is 0.704. The Morgan fingerprint density at radius 3 is 2.72 bits per heavy atom. The summed E-state index contributed by atoms with van der Waals surface area (Å²) in [6.07, 6.45) is 0.898. The van der Waals surface area contributed by atoms with E-state index >= 15 is 0 Å². The molecule has 0 fully saturated rings. The number of hydrogen-bond acceptors (Lipinski definition) is 1. The number of anilines is 1. The van der Waals surface area contributed by atoms with Crippen LogP contribution >= 0.6 is 11.6 Å². The van der Waals surface area contributed by atoms with Gasteiger partial charge in [-0.1, -0.05) is 23.7 Å². The van der Waals surface area contributed by atoms with Gasteiger partial charge in [0.05, 0.1) is 0 Å². The van der Waals surface area contributed by atoms with Crippen molar-refractivity contribution in [2.24, 2.45) is 0 Å². The van der Waals surface area contributed by atoms with Gasteiger partial charge in [-0.05, 0) is 52.9 Å². The second kappa shape index (κ2) is 4.14. The lowest BCUT2D eigenvalue weighted by molar-refractivity contribution is -0.114. The van der Waals surface area contributed by atoms with Gasteiger partial charge in [0.2, 0.25) is 5.91 Å².